The number of rotatable bonds is 2. The Kier molecular flexibility index (Phi) is 4.81. The first-order valence-electron chi connectivity index (χ1n) is 3.60. The Morgan fingerprint density at radius 3 is 2.18 bits per heavy atom. The zero-order chi connectivity index (χ0) is 8.85. The molecule has 0 aromatic heterocycles. The third-order valence-corrected chi connectivity index (χ3v) is 1.22. The van der Waals surface area contributed by atoms with Gasteiger partial charge in [-0.25, -0.2) is 4.79 Å². The first-order valence-corrected chi connectivity index (χ1v) is 3.60. The molecule has 2 N–H and O–H groups in total. The third kappa shape index (κ3) is 7.29. The Bertz CT molecular complexity index is 118. The van der Waals surface area contributed by atoms with Gasteiger partial charge in [0.25, 0.3) is 0 Å². The van der Waals surface area contributed by atoms with Gasteiger partial charge in [0.05, 0.1) is 12.7 Å². The van der Waals surface area contributed by atoms with E-state index >= 15 is 0 Å². The molecule has 0 spiro atoms. The van der Waals surface area contributed by atoms with Crippen LogP contribution in [0.15, 0.2) is 0 Å². The highest BCUT2D eigenvalue weighted by Gasteiger charge is 2.18. The van der Waals surface area contributed by atoms with Crippen LogP contribution < -0.4 is 0 Å². The van der Waals surface area contributed by atoms with E-state index in [0.717, 1.165) is 6.61 Å². The number of carboxylic acids is 1. The number of aliphatic carboxylic acids is 1. The summed E-state index contributed by atoms with van der Waals surface area (Å²) in [5.41, 5.74) is 0. The van der Waals surface area contributed by atoms with Crippen molar-refractivity contribution in [2.75, 3.05) is 6.61 Å². The Balaban J connectivity index is 0.000000183. The summed E-state index contributed by atoms with van der Waals surface area (Å²) in [6.07, 6.45) is 0.597. The van der Waals surface area contributed by atoms with Gasteiger partial charge in [-0.2, -0.15) is 0 Å². The number of hydrogen-bond donors (Lipinski definition) is 2. The summed E-state index contributed by atoms with van der Waals surface area (Å²) in [4.78, 5) is 9.45. The van der Waals surface area contributed by atoms with Gasteiger partial charge in [0.1, 0.15) is 6.10 Å². The molecule has 0 radical (unpaired) electrons. The lowest BCUT2D eigenvalue weighted by molar-refractivity contribution is -0.145. The van der Waals surface area contributed by atoms with Crippen LogP contribution in [-0.2, 0) is 9.53 Å². The molecule has 0 amide bonds. The lowest BCUT2D eigenvalue weighted by atomic mass is 10.4. The predicted molar refractivity (Wildman–Crippen MR) is 39.3 cm³/mol. The molecule has 2 atom stereocenters. The second kappa shape index (κ2) is 5.09. The molecule has 0 bridgehead atoms. The van der Waals surface area contributed by atoms with Crippen LogP contribution in [0, 0.1) is 0 Å². The molecule has 1 rings (SSSR count). The van der Waals surface area contributed by atoms with Gasteiger partial charge in [0.15, 0.2) is 0 Å². The zero-order valence-corrected chi connectivity index (χ0v) is 6.78. The van der Waals surface area contributed by atoms with E-state index in [9.17, 15) is 4.79 Å². The van der Waals surface area contributed by atoms with Crippen molar-refractivity contribution in [3.63, 3.8) is 0 Å². The van der Waals surface area contributed by atoms with Gasteiger partial charge in [-0.05, 0) is 13.3 Å². The molecule has 0 aromatic carbocycles. The summed E-state index contributed by atoms with van der Waals surface area (Å²) in [6, 6.07) is 0. The normalized spacial score (nSPS) is 23.0. The molecular weight excluding hydrogens is 148 g/mol. The molecule has 4 nitrogen and oxygen atoms in total. The van der Waals surface area contributed by atoms with Gasteiger partial charge in [-0.15, -0.1) is 0 Å². The van der Waals surface area contributed by atoms with Crippen molar-refractivity contribution in [1.82, 2.24) is 0 Å². The number of carboxylic acid groups (broad SMARTS) is 1. The Hall–Kier alpha value is -0.610. The van der Waals surface area contributed by atoms with E-state index < -0.39 is 12.1 Å². The molecule has 0 aliphatic carbocycles. The predicted octanol–water partition coefficient (Wildman–Crippen LogP) is 0.247. The molecule has 1 aliphatic rings. The number of aliphatic hydroxyl groups excluding tert-OH is 1. The van der Waals surface area contributed by atoms with Crippen molar-refractivity contribution in [3.8, 4) is 0 Å². The SMILES string of the molecule is CC(O)C(=O)O.CCC1CO1. The Morgan fingerprint density at radius 2 is 2.18 bits per heavy atom. The molecule has 11 heavy (non-hydrogen) atoms. The van der Waals surface area contributed by atoms with Crippen molar-refractivity contribution >= 4 is 5.97 Å². The Labute approximate surface area is 65.8 Å². The van der Waals surface area contributed by atoms with Crippen LogP contribution in [0.25, 0.3) is 0 Å². The Morgan fingerprint density at radius 1 is 1.82 bits per heavy atom. The van der Waals surface area contributed by atoms with Crippen LogP contribution in [-0.4, -0.2) is 35.0 Å². The molecule has 0 saturated carbocycles. The van der Waals surface area contributed by atoms with E-state index in [2.05, 4.69) is 6.92 Å². The van der Waals surface area contributed by atoms with Gasteiger partial charge >= 0.3 is 5.97 Å². The number of ether oxygens (including phenoxy) is 1. The summed E-state index contributed by atoms with van der Waals surface area (Å²) >= 11 is 0. The highest BCUT2D eigenvalue weighted by Crippen LogP contribution is 2.10. The fraction of sp³-hybridized carbons (Fsp3) is 0.857. The van der Waals surface area contributed by atoms with Crippen LogP contribution in [0.5, 0.6) is 0 Å². The van der Waals surface area contributed by atoms with Gasteiger partial charge in [-0.3, -0.25) is 0 Å². The van der Waals surface area contributed by atoms with Gasteiger partial charge < -0.3 is 14.9 Å². The lowest BCUT2D eigenvalue weighted by Crippen LogP contribution is -2.13. The number of hydrogen-bond acceptors (Lipinski definition) is 3. The van der Waals surface area contributed by atoms with Crippen LogP contribution >= 0.6 is 0 Å². The monoisotopic (exact) mass is 162 g/mol. The summed E-state index contributed by atoms with van der Waals surface area (Å²) in [5.74, 6) is -1.19. The molecule has 4 heteroatoms. The minimum atomic E-state index is -1.23. The molecule has 0 aromatic rings. The highest BCUT2D eigenvalue weighted by atomic mass is 16.6. The minimum absolute atomic E-state index is 0.634. The van der Waals surface area contributed by atoms with E-state index in [-0.39, 0.29) is 0 Å². The highest BCUT2D eigenvalue weighted by molar-refractivity contribution is 5.71. The second-order valence-electron chi connectivity index (χ2n) is 2.38. The molecule has 1 aliphatic heterocycles. The fourth-order valence-electron chi connectivity index (χ4n) is 0.304. The first kappa shape index (κ1) is 10.4. The average Bonchev–Trinajstić information content (AvgIpc) is 2.70. The fourth-order valence-corrected chi connectivity index (χ4v) is 0.304. The molecule has 66 valence electrons. The quantitative estimate of drug-likeness (QED) is 0.571. The average molecular weight is 162 g/mol. The van der Waals surface area contributed by atoms with Crippen LogP contribution in [0.4, 0.5) is 0 Å². The zero-order valence-electron chi connectivity index (χ0n) is 6.78. The van der Waals surface area contributed by atoms with Gasteiger partial charge in [0.2, 0.25) is 0 Å². The maximum Gasteiger partial charge on any atom is 0.332 e. The smallest absolute Gasteiger partial charge is 0.332 e. The van der Waals surface area contributed by atoms with Crippen LogP contribution in [0.3, 0.4) is 0 Å². The molecule has 1 heterocycles. The molecule has 2 unspecified atom stereocenters. The number of aliphatic hydroxyl groups is 1. The largest absolute Gasteiger partial charge is 0.479 e. The van der Waals surface area contributed by atoms with E-state index in [1.165, 1.54) is 13.3 Å². The maximum atomic E-state index is 9.45. The summed E-state index contributed by atoms with van der Waals surface area (Å²) in [6.45, 7) is 4.34. The van der Waals surface area contributed by atoms with Gasteiger partial charge in [0, 0.05) is 0 Å². The topological polar surface area (TPSA) is 70.1 Å². The standard InChI is InChI=1S/C4H8O.C3H6O3/c1-2-4-3-5-4;1-2(4)3(5)6/h4H,2-3H2,1H3;2,4H,1H3,(H,5,6). The minimum Gasteiger partial charge on any atom is -0.479 e. The van der Waals surface area contributed by atoms with Crippen molar-refractivity contribution < 1.29 is 19.7 Å². The van der Waals surface area contributed by atoms with Crippen molar-refractivity contribution in [2.24, 2.45) is 0 Å². The van der Waals surface area contributed by atoms with Crippen molar-refractivity contribution in [1.29, 1.82) is 0 Å². The first-order chi connectivity index (χ1) is 5.07. The summed E-state index contributed by atoms with van der Waals surface area (Å²) < 4.78 is 4.86. The van der Waals surface area contributed by atoms with E-state index in [0.29, 0.717) is 6.10 Å². The van der Waals surface area contributed by atoms with E-state index in [4.69, 9.17) is 14.9 Å². The van der Waals surface area contributed by atoms with E-state index in [1.807, 2.05) is 0 Å². The number of epoxide rings is 1. The molecule has 1 saturated heterocycles. The summed E-state index contributed by atoms with van der Waals surface area (Å²) in [5, 5.41) is 15.8. The molecule has 1 fully saturated rings. The lowest BCUT2D eigenvalue weighted by Gasteiger charge is -1.89. The van der Waals surface area contributed by atoms with Crippen LogP contribution in [0.2, 0.25) is 0 Å². The van der Waals surface area contributed by atoms with E-state index in [1.54, 1.807) is 0 Å². The summed E-state index contributed by atoms with van der Waals surface area (Å²) in [7, 11) is 0. The van der Waals surface area contributed by atoms with Crippen molar-refractivity contribution in [2.45, 2.75) is 32.5 Å². The number of carbonyl (C=O) groups is 1. The van der Waals surface area contributed by atoms with Crippen molar-refractivity contribution in [3.05, 3.63) is 0 Å². The third-order valence-electron chi connectivity index (χ3n) is 1.22. The van der Waals surface area contributed by atoms with Gasteiger partial charge in [-0.1, -0.05) is 6.92 Å². The second-order valence-corrected chi connectivity index (χ2v) is 2.38. The van der Waals surface area contributed by atoms with Crippen LogP contribution in [0.1, 0.15) is 20.3 Å². The maximum absolute atomic E-state index is 9.45. The molecular formula is C7H14O4.